The Labute approximate surface area is 67.0 Å². The van der Waals surface area contributed by atoms with Gasteiger partial charge in [-0.25, -0.2) is 13.2 Å². The van der Waals surface area contributed by atoms with E-state index in [2.05, 4.69) is 0 Å². The smallest absolute Gasteiger partial charge is 0.174 e. The van der Waals surface area contributed by atoms with E-state index >= 15 is 0 Å². The van der Waals surface area contributed by atoms with Crippen molar-refractivity contribution in [3.63, 3.8) is 0 Å². The highest BCUT2D eigenvalue weighted by Crippen LogP contribution is 2.27. The van der Waals surface area contributed by atoms with Gasteiger partial charge in [0.05, 0.1) is 0 Å². The maximum atomic E-state index is 12.8. The van der Waals surface area contributed by atoms with E-state index in [-0.39, 0.29) is 5.56 Å². The third-order valence-corrected chi connectivity index (χ3v) is 1.60. The van der Waals surface area contributed by atoms with Crippen LogP contribution in [0, 0.1) is 24.4 Å². The van der Waals surface area contributed by atoms with Gasteiger partial charge in [-0.15, -0.1) is 0 Å². The van der Waals surface area contributed by atoms with Crippen molar-refractivity contribution in [2.24, 2.45) is 0 Å². The zero-order chi connectivity index (χ0) is 9.46. The van der Waals surface area contributed by atoms with Gasteiger partial charge in [-0.3, -0.25) is 0 Å². The number of benzene rings is 1. The lowest BCUT2D eigenvalue weighted by molar-refractivity contribution is 0.544. The first-order chi connectivity index (χ1) is 5.46. The fourth-order valence-corrected chi connectivity index (χ4v) is 0.838. The maximum Gasteiger partial charge on any atom is 0.174 e. The second kappa shape index (κ2) is 2.58. The van der Waals surface area contributed by atoms with Crippen LogP contribution in [0.15, 0.2) is 0 Å². The SMILES string of the molecule is Cc1c(F)c(N)c(F)c(N)c1F. The Kier molecular flexibility index (Phi) is 1.87. The molecular weight excluding hydrogens is 169 g/mol. The van der Waals surface area contributed by atoms with Crippen molar-refractivity contribution in [3.05, 3.63) is 23.0 Å². The number of hydrogen-bond acceptors (Lipinski definition) is 2. The van der Waals surface area contributed by atoms with E-state index in [0.717, 1.165) is 6.92 Å². The van der Waals surface area contributed by atoms with Crippen molar-refractivity contribution < 1.29 is 13.2 Å². The predicted molar refractivity (Wildman–Crippen MR) is 39.9 cm³/mol. The molecule has 66 valence electrons. The first-order valence-electron chi connectivity index (χ1n) is 3.14. The second-order valence-corrected chi connectivity index (χ2v) is 2.39. The van der Waals surface area contributed by atoms with Crippen LogP contribution in [0.1, 0.15) is 5.56 Å². The van der Waals surface area contributed by atoms with Crippen LogP contribution in [0.3, 0.4) is 0 Å². The number of rotatable bonds is 0. The van der Waals surface area contributed by atoms with E-state index in [4.69, 9.17) is 11.5 Å². The summed E-state index contributed by atoms with van der Waals surface area (Å²) in [5.41, 5.74) is 8.05. The Morgan fingerprint density at radius 3 is 1.50 bits per heavy atom. The van der Waals surface area contributed by atoms with Gasteiger partial charge in [0.1, 0.15) is 11.4 Å². The number of nitrogen functional groups attached to an aromatic ring is 2. The van der Waals surface area contributed by atoms with E-state index < -0.39 is 28.8 Å². The molecule has 1 rings (SSSR count). The predicted octanol–water partition coefficient (Wildman–Crippen LogP) is 1.58. The molecule has 12 heavy (non-hydrogen) atoms. The van der Waals surface area contributed by atoms with Gasteiger partial charge >= 0.3 is 0 Å². The number of hydrogen-bond donors (Lipinski definition) is 2. The summed E-state index contributed by atoms with van der Waals surface area (Å²) >= 11 is 0. The largest absolute Gasteiger partial charge is 0.394 e. The third kappa shape index (κ3) is 0.975. The molecule has 1 aromatic rings. The van der Waals surface area contributed by atoms with E-state index in [9.17, 15) is 13.2 Å². The molecule has 0 aliphatic carbocycles. The van der Waals surface area contributed by atoms with Gasteiger partial charge in [0, 0.05) is 5.56 Å². The molecule has 0 fully saturated rings. The molecule has 4 N–H and O–H groups in total. The molecular formula is C7H7F3N2. The topological polar surface area (TPSA) is 52.0 Å². The summed E-state index contributed by atoms with van der Waals surface area (Å²) in [5, 5.41) is 0. The molecule has 0 aromatic heterocycles. The Balaban J connectivity index is 3.60. The minimum atomic E-state index is -1.24. The molecule has 1 aromatic carbocycles. The lowest BCUT2D eigenvalue weighted by Gasteiger charge is -2.06. The molecule has 0 aliphatic heterocycles. The van der Waals surface area contributed by atoms with Crippen LogP contribution in [-0.4, -0.2) is 0 Å². The average molecular weight is 176 g/mol. The highest BCUT2D eigenvalue weighted by atomic mass is 19.1. The van der Waals surface area contributed by atoms with Crippen LogP contribution in [-0.2, 0) is 0 Å². The monoisotopic (exact) mass is 176 g/mol. The van der Waals surface area contributed by atoms with Crippen LogP contribution in [0.4, 0.5) is 24.5 Å². The van der Waals surface area contributed by atoms with E-state index in [0.29, 0.717) is 0 Å². The van der Waals surface area contributed by atoms with Gasteiger partial charge in [-0.05, 0) is 6.92 Å². The third-order valence-electron chi connectivity index (χ3n) is 1.60. The van der Waals surface area contributed by atoms with Crippen molar-refractivity contribution in [3.8, 4) is 0 Å². The standard InChI is InChI=1S/C7H7F3N2/c1-2-3(8)6(11)5(10)7(12)4(2)9/h11-12H2,1H3. The molecule has 0 spiro atoms. The molecule has 0 saturated carbocycles. The fourth-order valence-electron chi connectivity index (χ4n) is 0.838. The van der Waals surface area contributed by atoms with Gasteiger partial charge in [-0.1, -0.05) is 0 Å². The molecule has 2 nitrogen and oxygen atoms in total. The summed E-state index contributed by atoms with van der Waals surface area (Å²) in [6.07, 6.45) is 0. The van der Waals surface area contributed by atoms with Gasteiger partial charge in [0.2, 0.25) is 0 Å². The van der Waals surface area contributed by atoms with Crippen molar-refractivity contribution >= 4 is 11.4 Å². The van der Waals surface area contributed by atoms with Crippen molar-refractivity contribution in [2.45, 2.75) is 6.92 Å². The molecule has 0 radical (unpaired) electrons. The van der Waals surface area contributed by atoms with E-state index in [1.165, 1.54) is 0 Å². The minimum absolute atomic E-state index is 0.369. The molecule has 0 heterocycles. The van der Waals surface area contributed by atoms with Gasteiger partial charge < -0.3 is 11.5 Å². The summed E-state index contributed by atoms with van der Waals surface area (Å²) in [5.74, 6) is -3.44. The number of anilines is 2. The zero-order valence-electron chi connectivity index (χ0n) is 6.29. The van der Waals surface area contributed by atoms with Crippen molar-refractivity contribution in [2.75, 3.05) is 11.5 Å². The molecule has 0 bridgehead atoms. The van der Waals surface area contributed by atoms with Crippen LogP contribution in [0.25, 0.3) is 0 Å². The Morgan fingerprint density at radius 2 is 1.17 bits per heavy atom. The Morgan fingerprint density at radius 1 is 0.833 bits per heavy atom. The number of nitrogens with two attached hydrogens (primary N) is 2. The average Bonchev–Trinajstić information content (AvgIpc) is 2.08. The van der Waals surface area contributed by atoms with Crippen LogP contribution in [0.5, 0.6) is 0 Å². The van der Waals surface area contributed by atoms with E-state index in [1.807, 2.05) is 0 Å². The summed E-state index contributed by atoms with van der Waals surface area (Å²) in [6, 6.07) is 0. The van der Waals surface area contributed by atoms with Gasteiger partial charge in [-0.2, -0.15) is 0 Å². The number of halogens is 3. The minimum Gasteiger partial charge on any atom is -0.394 e. The summed E-state index contributed by atoms with van der Waals surface area (Å²) in [4.78, 5) is 0. The summed E-state index contributed by atoms with van der Waals surface area (Å²) < 4.78 is 38.2. The maximum absolute atomic E-state index is 12.8. The zero-order valence-corrected chi connectivity index (χ0v) is 6.29. The molecule has 0 saturated heterocycles. The first kappa shape index (κ1) is 8.70. The lowest BCUT2D eigenvalue weighted by Crippen LogP contribution is -2.06. The summed E-state index contributed by atoms with van der Waals surface area (Å²) in [7, 11) is 0. The first-order valence-corrected chi connectivity index (χ1v) is 3.14. The summed E-state index contributed by atoms with van der Waals surface area (Å²) in [6.45, 7) is 1.14. The molecule has 0 amide bonds. The van der Waals surface area contributed by atoms with Gasteiger partial charge in [0.15, 0.2) is 17.5 Å². The van der Waals surface area contributed by atoms with Crippen LogP contribution in [0.2, 0.25) is 0 Å². The Bertz CT molecular complexity index is 231. The van der Waals surface area contributed by atoms with Crippen molar-refractivity contribution in [1.82, 2.24) is 0 Å². The van der Waals surface area contributed by atoms with Crippen LogP contribution < -0.4 is 11.5 Å². The fraction of sp³-hybridized carbons (Fsp3) is 0.143. The van der Waals surface area contributed by atoms with Crippen LogP contribution >= 0.6 is 0 Å². The molecule has 0 aliphatic rings. The second-order valence-electron chi connectivity index (χ2n) is 2.39. The van der Waals surface area contributed by atoms with Crippen molar-refractivity contribution in [1.29, 1.82) is 0 Å². The highest BCUT2D eigenvalue weighted by Gasteiger charge is 2.18. The molecule has 5 heteroatoms. The molecule has 0 unspecified atom stereocenters. The van der Waals surface area contributed by atoms with E-state index in [1.54, 1.807) is 0 Å². The van der Waals surface area contributed by atoms with Gasteiger partial charge in [0.25, 0.3) is 0 Å². The quantitative estimate of drug-likeness (QED) is 0.589. The normalized spacial score (nSPS) is 10.3. The lowest BCUT2D eigenvalue weighted by atomic mass is 10.1. The molecule has 0 atom stereocenters. The Hall–Kier alpha value is -1.39. The highest BCUT2D eigenvalue weighted by molar-refractivity contribution is 5.58.